The number of carbonyl (C=O) groups is 1. The summed E-state index contributed by atoms with van der Waals surface area (Å²) in [4.78, 5) is 19.2. The largest absolute Gasteiger partial charge is 0.454 e. The molecule has 1 N–H and O–H groups in total. The third-order valence-electron chi connectivity index (χ3n) is 5.69. The van der Waals surface area contributed by atoms with E-state index in [1.807, 2.05) is 17.2 Å². The van der Waals surface area contributed by atoms with Crippen molar-refractivity contribution in [3.8, 4) is 22.2 Å². The van der Waals surface area contributed by atoms with Crippen molar-refractivity contribution in [1.29, 1.82) is 0 Å². The van der Waals surface area contributed by atoms with Gasteiger partial charge in [-0.15, -0.1) is 11.3 Å². The van der Waals surface area contributed by atoms with Gasteiger partial charge in [-0.1, -0.05) is 6.07 Å². The molecule has 0 atom stereocenters. The number of hydrogen-bond acceptors (Lipinski definition) is 7. The van der Waals surface area contributed by atoms with Gasteiger partial charge in [-0.25, -0.2) is 18.1 Å². The Kier molecular flexibility index (Phi) is 5.85. The fourth-order valence-electron chi connectivity index (χ4n) is 3.94. The predicted molar refractivity (Wildman–Crippen MR) is 123 cm³/mol. The lowest BCUT2D eigenvalue weighted by Crippen LogP contribution is -2.31. The molecule has 2 aliphatic rings. The van der Waals surface area contributed by atoms with Crippen molar-refractivity contribution in [3.63, 3.8) is 0 Å². The zero-order chi connectivity index (χ0) is 23.0. The third kappa shape index (κ3) is 4.61. The van der Waals surface area contributed by atoms with E-state index in [0.717, 1.165) is 37.2 Å². The van der Waals surface area contributed by atoms with Gasteiger partial charge in [-0.2, -0.15) is 0 Å². The summed E-state index contributed by atoms with van der Waals surface area (Å²) in [5.41, 5.74) is 2.21. The van der Waals surface area contributed by atoms with Gasteiger partial charge < -0.3 is 18.9 Å². The second-order valence-corrected chi connectivity index (χ2v) is 10.7. The van der Waals surface area contributed by atoms with Gasteiger partial charge in [-0.3, -0.25) is 4.79 Å². The molecule has 0 aliphatic carbocycles. The second kappa shape index (κ2) is 8.81. The van der Waals surface area contributed by atoms with Crippen LogP contribution in [0.25, 0.3) is 10.7 Å². The Morgan fingerprint density at radius 2 is 1.97 bits per heavy atom. The SMILES string of the molecule is Cc1csc(-c2cc(S(=O)(=O)NCc3ccc4c(c3)OCO4)cn2CC(=O)N2CCCC2)n1. The molecule has 0 spiro atoms. The number of aromatic nitrogens is 2. The topological polar surface area (TPSA) is 103 Å². The van der Waals surface area contributed by atoms with Crippen molar-refractivity contribution in [3.05, 3.63) is 47.1 Å². The Balaban J connectivity index is 1.39. The van der Waals surface area contributed by atoms with Crippen LogP contribution in [0.2, 0.25) is 0 Å². The van der Waals surface area contributed by atoms with Crippen molar-refractivity contribution in [2.75, 3.05) is 19.9 Å². The number of nitrogens with zero attached hydrogens (tertiary/aromatic N) is 3. The van der Waals surface area contributed by atoms with E-state index in [9.17, 15) is 13.2 Å². The van der Waals surface area contributed by atoms with Gasteiger partial charge in [0.15, 0.2) is 11.5 Å². The first-order valence-corrected chi connectivity index (χ1v) is 13.0. The summed E-state index contributed by atoms with van der Waals surface area (Å²) >= 11 is 1.42. The first-order valence-electron chi connectivity index (χ1n) is 10.7. The maximum Gasteiger partial charge on any atom is 0.242 e. The molecule has 1 fully saturated rings. The van der Waals surface area contributed by atoms with E-state index in [1.165, 1.54) is 17.5 Å². The third-order valence-corrected chi connectivity index (χ3v) is 8.04. The first kappa shape index (κ1) is 21.9. The molecule has 0 saturated carbocycles. The summed E-state index contributed by atoms with van der Waals surface area (Å²) in [5.74, 6) is 1.22. The van der Waals surface area contributed by atoms with Crippen molar-refractivity contribution >= 4 is 27.3 Å². The van der Waals surface area contributed by atoms with Gasteiger partial charge >= 0.3 is 0 Å². The van der Waals surface area contributed by atoms with Crippen molar-refractivity contribution in [2.24, 2.45) is 0 Å². The van der Waals surface area contributed by atoms with Crippen molar-refractivity contribution in [2.45, 2.75) is 37.8 Å². The maximum absolute atomic E-state index is 13.1. The van der Waals surface area contributed by atoms with Gasteiger partial charge in [0, 0.05) is 36.9 Å². The molecule has 33 heavy (non-hydrogen) atoms. The molecule has 0 bridgehead atoms. The Morgan fingerprint density at radius 3 is 2.73 bits per heavy atom. The van der Waals surface area contributed by atoms with E-state index < -0.39 is 10.0 Å². The van der Waals surface area contributed by atoms with Crippen LogP contribution in [0.5, 0.6) is 11.5 Å². The molecule has 11 heteroatoms. The number of likely N-dealkylation sites (tertiary alicyclic amines) is 1. The first-order chi connectivity index (χ1) is 15.9. The van der Waals surface area contributed by atoms with E-state index >= 15 is 0 Å². The molecule has 3 aromatic rings. The van der Waals surface area contributed by atoms with Crippen LogP contribution in [0.4, 0.5) is 0 Å². The highest BCUT2D eigenvalue weighted by Crippen LogP contribution is 2.33. The van der Waals surface area contributed by atoms with Crippen LogP contribution in [0.1, 0.15) is 24.1 Å². The highest BCUT2D eigenvalue weighted by atomic mass is 32.2. The Bertz CT molecular complexity index is 1290. The number of ether oxygens (including phenoxy) is 2. The zero-order valence-electron chi connectivity index (χ0n) is 18.1. The molecule has 9 nitrogen and oxygen atoms in total. The highest BCUT2D eigenvalue weighted by Gasteiger charge is 2.24. The molecule has 5 rings (SSSR count). The molecule has 0 radical (unpaired) electrons. The maximum atomic E-state index is 13.1. The lowest BCUT2D eigenvalue weighted by atomic mass is 10.2. The van der Waals surface area contributed by atoms with Crippen LogP contribution in [0.15, 0.2) is 40.7 Å². The van der Waals surface area contributed by atoms with E-state index in [2.05, 4.69) is 9.71 Å². The Hall–Kier alpha value is -2.89. The number of nitrogens with one attached hydrogen (secondary N) is 1. The average Bonchev–Trinajstić information content (AvgIpc) is 3.58. The quantitative estimate of drug-likeness (QED) is 0.549. The summed E-state index contributed by atoms with van der Waals surface area (Å²) in [6.45, 7) is 3.71. The zero-order valence-corrected chi connectivity index (χ0v) is 19.7. The minimum atomic E-state index is -3.82. The predicted octanol–water partition coefficient (Wildman–Crippen LogP) is 2.75. The summed E-state index contributed by atoms with van der Waals surface area (Å²) < 4.78 is 41.2. The lowest BCUT2D eigenvalue weighted by molar-refractivity contribution is -0.130. The minimum Gasteiger partial charge on any atom is -0.454 e. The molecule has 2 aromatic heterocycles. The summed E-state index contributed by atoms with van der Waals surface area (Å²) in [6.07, 6.45) is 3.51. The van der Waals surface area contributed by atoms with Crippen molar-refractivity contribution in [1.82, 2.24) is 19.2 Å². The summed E-state index contributed by atoms with van der Waals surface area (Å²) in [5, 5.41) is 2.58. The Morgan fingerprint density at radius 1 is 1.18 bits per heavy atom. The number of carbonyl (C=O) groups excluding carboxylic acids is 1. The minimum absolute atomic E-state index is 0.0186. The summed E-state index contributed by atoms with van der Waals surface area (Å²) in [6, 6.07) is 6.89. The van der Waals surface area contributed by atoms with Crippen LogP contribution in [-0.2, 0) is 27.9 Å². The number of hydrogen-bond donors (Lipinski definition) is 1. The van der Waals surface area contributed by atoms with E-state index in [-0.39, 0.29) is 30.7 Å². The number of amides is 1. The molecule has 2 aliphatic heterocycles. The highest BCUT2D eigenvalue weighted by molar-refractivity contribution is 7.89. The number of sulfonamides is 1. The van der Waals surface area contributed by atoms with Crippen molar-refractivity contribution < 1.29 is 22.7 Å². The average molecular weight is 489 g/mol. The smallest absolute Gasteiger partial charge is 0.242 e. The molecule has 0 unspecified atom stereocenters. The monoisotopic (exact) mass is 488 g/mol. The van der Waals surface area contributed by atoms with E-state index in [0.29, 0.717) is 22.2 Å². The molecular weight excluding hydrogens is 464 g/mol. The number of rotatable bonds is 7. The number of benzene rings is 1. The molecular formula is C22H24N4O5S2. The van der Waals surface area contributed by atoms with E-state index in [1.54, 1.807) is 28.8 Å². The molecule has 4 heterocycles. The number of aryl methyl sites for hydroxylation is 1. The number of thiazole rings is 1. The fraction of sp³-hybridized carbons (Fsp3) is 0.364. The molecule has 1 saturated heterocycles. The number of fused-ring (bicyclic) bond motifs is 1. The van der Waals surface area contributed by atoms with Gasteiger partial charge in [0.2, 0.25) is 22.7 Å². The van der Waals surface area contributed by atoms with Crippen LogP contribution in [0, 0.1) is 6.92 Å². The van der Waals surface area contributed by atoms with Crippen LogP contribution in [0.3, 0.4) is 0 Å². The van der Waals surface area contributed by atoms with Gasteiger partial charge in [0.05, 0.1) is 5.69 Å². The Labute approximate surface area is 196 Å². The van der Waals surface area contributed by atoms with Gasteiger partial charge in [0.25, 0.3) is 0 Å². The van der Waals surface area contributed by atoms with Gasteiger partial charge in [0.1, 0.15) is 16.4 Å². The molecule has 1 amide bonds. The lowest BCUT2D eigenvalue weighted by Gasteiger charge is -2.16. The second-order valence-electron chi connectivity index (χ2n) is 8.08. The fourth-order valence-corrected chi connectivity index (χ4v) is 5.82. The summed E-state index contributed by atoms with van der Waals surface area (Å²) in [7, 11) is -3.82. The standard InChI is InChI=1S/C22H24N4O5S2/c1-15-13-32-22(24-15)18-9-17(11-26(18)12-21(27)25-6-2-3-7-25)33(28,29)23-10-16-4-5-19-20(8-16)31-14-30-19/h4-5,8-9,11,13,23H,2-3,6-7,10,12,14H2,1H3. The molecule has 174 valence electrons. The van der Waals surface area contributed by atoms with Crippen LogP contribution >= 0.6 is 11.3 Å². The van der Waals surface area contributed by atoms with E-state index in [4.69, 9.17) is 9.47 Å². The molecule has 1 aromatic carbocycles. The van der Waals surface area contributed by atoms with Crippen LogP contribution < -0.4 is 14.2 Å². The normalized spacial score (nSPS) is 15.4. The van der Waals surface area contributed by atoms with Crippen LogP contribution in [-0.4, -0.2) is 48.7 Å². The van der Waals surface area contributed by atoms with Gasteiger partial charge in [-0.05, 0) is 43.5 Å².